The van der Waals surface area contributed by atoms with Crippen LogP contribution in [-0.2, 0) is 14.8 Å². The van der Waals surface area contributed by atoms with Crippen LogP contribution in [0.25, 0.3) is 0 Å². The summed E-state index contributed by atoms with van der Waals surface area (Å²) in [6, 6.07) is 8.77. The summed E-state index contributed by atoms with van der Waals surface area (Å²) in [4.78, 5) is 2.66. The van der Waals surface area contributed by atoms with Gasteiger partial charge in [0.15, 0.2) is 0 Å². The third kappa shape index (κ3) is 7.85. The van der Waals surface area contributed by atoms with Crippen LogP contribution in [0.1, 0.15) is 51.4 Å². The molecular formula is C23H38N2O3S. The van der Waals surface area contributed by atoms with E-state index in [0.717, 1.165) is 51.8 Å². The van der Waals surface area contributed by atoms with Gasteiger partial charge in [0.05, 0.1) is 11.0 Å². The van der Waals surface area contributed by atoms with E-state index in [1.165, 1.54) is 19.3 Å². The van der Waals surface area contributed by atoms with Crippen molar-refractivity contribution < 1.29 is 13.2 Å². The Balaban J connectivity index is 1.61. The number of ether oxygens (including phenoxy) is 1. The van der Waals surface area contributed by atoms with Crippen molar-refractivity contribution in [3.8, 4) is 0 Å². The number of rotatable bonds is 13. The predicted molar refractivity (Wildman–Crippen MR) is 120 cm³/mol. The number of sulfonamides is 1. The maximum atomic E-state index is 12.8. The summed E-state index contributed by atoms with van der Waals surface area (Å²) in [5.74, 6) is 0. The van der Waals surface area contributed by atoms with Gasteiger partial charge in [-0.3, -0.25) is 0 Å². The molecular weight excluding hydrogens is 384 g/mol. The second-order valence-electron chi connectivity index (χ2n) is 8.10. The van der Waals surface area contributed by atoms with Crippen LogP contribution >= 0.6 is 0 Å². The average Bonchev–Trinajstić information content (AvgIpc) is 2.74. The van der Waals surface area contributed by atoms with Gasteiger partial charge in [-0.05, 0) is 64.3 Å². The normalized spacial score (nSPS) is 20.3. The summed E-state index contributed by atoms with van der Waals surface area (Å²) in [7, 11) is 0.425. The second-order valence-corrected chi connectivity index (χ2v) is 10.1. The molecule has 1 saturated carbocycles. The van der Waals surface area contributed by atoms with Crippen molar-refractivity contribution >= 4 is 10.0 Å². The fourth-order valence-electron chi connectivity index (χ4n) is 3.93. The first-order chi connectivity index (χ1) is 13.9. The highest BCUT2D eigenvalue weighted by molar-refractivity contribution is 7.89. The summed E-state index contributed by atoms with van der Waals surface area (Å²) < 4.78 is 33.2. The molecule has 29 heavy (non-hydrogen) atoms. The molecule has 0 heterocycles. The van der Waals surface area contributed by atoms with E-state index in [9.17, 15) is 8.42 Å². The van der Waals surface area contributed by atoms with E-state index in [4.69, 9.17) is 4.74 Å². The third-order valence-corrected chi connectivity index (χ3v) is 7.73. The largest absolute Gasteiger partial charge is 0.378 e. The number of likely N-dealkylation sites (N-methyl/N-ethyl adjacent to an activating group) is 1. The highest BCUT2D eigenvalue weighted by Gasteiger charge is 2.31. The summed E-state index contributed by atoms with van der Waals surface area (Å²) >= 11 is 0. The first-order valence-corrected chi connectivity index (χ1v) is 12.3. The fraction of sp³-hybridized carbons (Fsp3) is 0.652. The molecule has 0 amide bonds. The summed E-state index contributed by atoms with van der Waals surface area (Å²) in [5.41, 5.74) is 0. The van der Waals surface area contributed by atoms with Gasteiger partial charge in [0, 0.05) is 26.2 Å². The van der Waals surface area contributed by atoms with Crippen LogP contribution in [0.15, 0.2) is 47.9 Å². The topological polar surface area (TPSA) is 49.9 Å². The van der Waals surface area contributed by atoms with Gasteiger partial charge in [-0.15, -0.1) is 6.58 Å². The molecule has 0 saturated heterocycles. The standard InChI is InChI=1S/C23H38N2O3S/c1-4-18-24(2)19-10-5-6-11-20-28-22-16-14-21(15-17-22)25(3)29(26,27)23-12-8-7-9-13-23/h4,7-9,12-13,21-22H,1,5-6,10-11,14-20H2,2-3H3. The maximum Gasteiger partial charge on any atom is 0.243 e. The minimum atomic E-state index is -3.41. The number of nitrogens with zero attached hydrogens (tertiary/aromatic N) is 2. The molecule has 0 N–H and O–H groups in total. The molecule has 0 unspecified atom stereocenters. The summed E-state index contributed by atoms with van der Waals surface area (Å²) in [6.07, 6.45) is 10.6. The van der Waals surface area contributed by atoms with E-state index >= 15 is 0 Å². The number of hydrogen-bond donors (Lipinski definition) is 0. The van der Waals surface area contributed by atoms with E-state index in [-0.39, 0.29) is 12.1 Å². The zero-order valence-corrected chi connectivity index (χ0v) is 18.9. The van der Waals surface area contributed by atoms with Crippen molar-refractivity contribution in [1.82, 2.24) is 9.21 Å². The lowest BCUT2D eigenvalue weighted by Gasteiger charge is -2.34. The summed E-state index contributed by atoms with van der Waals surface area (Å²) in [6.45, 7) is 6.65. The molecule has 0 aliphatic heterocycles. The van der Waals surface area contributed by atoms with Gasteiger partial charge in [0.1, 0.15) is 0 Å². The van der Waals surface area contributed by atoms with Crippen LogP contribution in [0.5, 0.6) is 0 Å². The van der Waals surface area contributed by atoms with Crippen LogP contribution in [-0.4, -0.2) is 63.6 Å². The van der Waals surface area contributed by atoms with Gasteiger partial charge < -0.3 is 9.64 Å². The van der Waals surface area contributed by atoms with Crippen molar-refractivity contribution in [2.24, 2.45) is 0 Å². The molecule has 0 bridgehead atoms. The monoisotopic (exact) mass is 422 g/mol. The number of benzene rings is 1. The predicted octanol–water partition coefficient (Wildman–Crippen LogP) is 4.31. The molecule has 0 atom stereocenters. The molecule has 0 radical (unpaired) electrons. The second kappa shape index (κ2) is 12.5. The van der Waals surface area contributed by atoms with Crippen LogP contribution in [0.2, 0.25) is 0 Å². The lowest BCUT2D eigenvalue weighted by molar-refractivity contribution is 0.0156. The molecule has 1 fully saturated rings. The number of hydrogen-bond acceptors (Lipinski definition) is 4. The highest BCUT2D eigenvalue weighted by atomic mass is 32.2. The van der Waals surface area contributed by atoms with Crippen molar-refractivity contribution in [1.29, 1.82) is 0 Å². The molecule has 6 heteroatoms. The Morgan fingerprint density at radius 2 is 1.69 bits per heavy atom. The van der Waals surface area contributed by atoms with Gasteiger partial charge in [-0.2, -0.15) is 4.31 Å². The van der Waals surface area contributed by atoms with Crippen molar-refractivity contribution in [2.45, 2.75) is 68.4 Å². The van der Waals surface area contributed by atoms with E-state index in [0.29, 0.717) is 4.90 Å². The smallest absolute Gasteiger partial charge is 0.243 e. The Bertz CT molecular complexity index is 685. The van der Waals surface area contributed by atoms with Gasteiger partial charge >= 0.3 is 0 Å². The van der Waals surface area contributed by atoms with Crippen molar-refractivity contribution in [3.05, 3.63) is 43.0 Å². The van der Waals surface area contributed by atoms with Crippen LogP contribution in [0.3, 0.4) is 0 Å². The SMILES string of the molecule is C=CCN(C)CCCCCCOC1CCC(N(C)S(=O)(=O)c2ccccc2)CC1. The quantitative estimate of drug-likeness (QED) is 0.351. The first kappa shape index (κ1) is 24.1. The minimum absolute atomic E-state index is 0.0626. The minimum Gasteiger partial charge on any atom is -0.378 e. The maximum absolute atomic E-state index is 12.8. The molecule has 1 aliphatic carbocycles. The Morgan fingerprint density at radius 3 is 2.34 bits per heavy atom. The molecule has 2 rings (SSSR count). The first-order valence-electron chi connectivity index (χ1n) is 10.9. The molecule has 5 nitrogen and oxygen atoms in total. The van der Waals surface area contributed by atoms with Crippen molar-refractivity contribution in [3.63, 3.8) is 0 Å². The molecule has 0 spiro atoms. The Hall–Kier alpha value is -1.21. The lowest BCUT2D eigenvalue weighted by atomic mass is 9.93. The van der Waals surface area contributed by atoms with Crippen LogP contribution in [0.4, 0.5) is 0 Å². The Labute approximate surface area is 177 Å². The van der Waals surface area contributed by atoms with Crippen molar-refractivity contribution in [2.75, 3.05) is 33.8 Å². The van der Waals surface area contributed by atoms with E-state index < -0.39 is 10.0 Å². The van der Waals surface area contributed by atoms with E-state index in [2.05, 4.69) is 18.5 Å². The van der Waals surface area contributed by atoms with Gasteiger partial charge in [0.2, 0.25) is 10.0 Å². The molecule has 0 aromatic heterocycles. The fourth-order valence-corrected chi connectivity index (χ4v) is 5.37. The zero-order valence-electron chi connectivity index (χ0n) is 18.1. The van der Waals surface area contributed by atoms with Crippen LogP contribution in [0, 0.1) is 0 Å². The van der Waals surface area contributed by atoms with Gasteiger partial charge in [-0.1, -0.05) is 37.1 Å². The highest BCUT2D eigenvalue weighted by Crippen LogP contribution is 2.28. The molecule has 164 valence electrons. The Kier molecular flexibility index (Phi) is 10.4. The zero-order chi connectivity index (χ0) is 21.1. The lowest BCUT2D eigenvalue weighted by Crippen LogP contribution is -2.40. The van der Waals surface area contributed by atoms with Gasteiger partial charge in [0.25, 0.3) is 0 Å². The Morgan fingerprint density at radius 1 is 1.03 bits per heavy atom. The van der Waals surface area contributed by atoms with E-state index in [1.807, 2.05) is 12.1 Å². The molecule has 1 aromatic rings. The van der Waals surface area contributed by atoms with E-state index in [1.54, 1.807) is 35.6 Å². The third-order valence-electron chi connectivity index (χ3n) is 5.81. The average molecular weight is 423 g/mol. The van der Waals surface area contributed by atoms with Crippen LogP contribution < -0.4 is 0 Å². The summed E-state index contributed by atoms with van der Waals surface area (Å²) in [5, 5.41) is 0. The molecule has 1 aromatic carbocycles. The van der Waals surface area contributed by atoms with Gasteiger partial charge in [-0.25, -0.2) is 8.42 Å². The molecule has 1 aliphatic rings. The number of unbranched alkanes of at least 4 members (excludes halogenated alkanes) is 3.